The number of halogens is 3. The van der Waals surface area contributed by atoms with E-state index in [0.29, 0.717) is 0 Å². The molecule has 3 nitrogen and oxygen atoms in total. The Morgan fingerprint density at radius 3 is 2.10 bits per heavy atom. The number of esters is 1. The van der Waals surface area contributed by atoms with E-state index >= 15 is 0 Å². The van der Waals surface area contributed by atoms with Gasteiger partial charge in [0.1, 0.15) is 10.9 Å². The minimum atomic E-state index is -4.55. The number of ether oxygens (including phenoxy) is 1. The van der Waals surface area contributed by atoms with Crippen LogP contribution < -0.4 is 4.90 Å². The Labute approximate surface area is 169 Å². The number of hydrogen-bond donors (Lipinski definition) is 0. The van der Waals surface area contributed by atoms with Crippen molar-refractivity contribution in [1.29, 1.82) is 0 Å². The van der Waals surface area contributed by atoms with Crippen LogP contribution in [0.25, 0.3) is 0 Å². The molecule has 0 aromatic heterocycles. The standard InChI is InChI=1S/C22H17F3NO2S/c1-26-17-9-2-4-11-19(17)29(20-12-5-3-10-18(20)26)16-8-6-7-15(13-16)21(27)28-14-22(23,24)25/h2-13H,14H2,1H3/q+1. The first kappa shape index (κ1) is 19.4. The average molecular weight is 416 g/mol. The van der Waals surface area contributed by atoms with Gasteiger partial charge < -0.3 is 9.64 Å². The minimum Gasteiger partial charge on any atom is -0.452 e. The second kappa shape index (κ2) is 7.48. The molecule has 0 radical (unpaired) electrons. The minimum absolute atomic E-state index is 0.105. The number of benzene rings is 3. The molecule has 3 aromatic carbocycles. The fourth-order valence-electron chi connectivity index (χ4n) is 3.30. The number of rotatable bonds is 3. The first-order valence-electron chi connectivity index (χ1n) is 8.85. The molecule has 3 aromatic rings. The maximum Gasteiger partial charge on any atom is 0.422 e. The van der Waals surface area contributed by atoms with Crippen molar-refractivity contribution >= 4 is 28.2 Å². The van der Waals surface area contributed by atoms with Gasteiger partial charge >= 0.3 is 12.1 Å². The quantitative estimate of drug-likeness (QED) is 0.412. The number of para-hydroxylation sites is 2. The summed E-state index contributed by atoms with van der Waals surface area (Å²) >= 11 is 0. The van der Waals surface area contributed by atoms with Crippen molar-refractivity contribution in [3.63, 3.8) is 0 Å². The highest BCUT2D eigenvalue weighted by Gasteiger charge is 2.40. The van der Waals surface area contributed by atoms with Crippen LogP contribution in [0.15, 0.2) is 87.5 Å². The highest BCUT2D eigenvalue weighted by atomic mass is 32.2. The molecule has 0 atom stereocenters. The van der Waals surface area contributed by atoms with Crippen LogP contribution in [0.3, 0.4) is 0 Å². The van der Waals surface area contributed by atoms with Crippen LogP contribution in [0.2, 0.25) is 0 Å². The van der Waals surface area contributed by atoms with Crippen LogP contribution >= 0.6 is 0 Å². The SMILES string of the molecule is CN1c2ccccc2[S+](c2cccc(C(=O)OCC(F)(F)F)c2)c2ccccc21. The van der Waals surface area contributed by atoms with Crippen molar-refractivity contribution in [3.8, 4) is 0 Å². The van der Waals surface area contributed by atoms with E-state index < -0.39 is 29.6 Å². The third kappa shape index (κ3) is 3.82. The van der Waals surface area contributed by atoms with Gasteiger partial charge in [0.15, 0.2) is 21.3 Å². The number of anilines is 2. The second-order valence-electron chi connectivity index (χ2n) is 6.52. The van der Waals surface area contributed by atoms with Crippen LogP contribution in [0.1, 0.15) is 10.4 Å². The van der Waals surface area contributed by atoms with Crippen molar-refractivity contribution in [2.75, 3.05) is 18.6 Å². The Hall–Kier alpha value is -2.93. The maximum atomic E-state index is 12.4. The summed E-state index contributed by atoms with van der Waals surface area (Å²) in [6.45, 7) is -1.60. The molecule has 29 heavy (non-hydrogen) atoms. The summed E-state index contributed by atoms with van der Waals surface area (Å²) in [7, 11) is 1.51. The molecule has 0 fully saturated rings. The van der Waals surface area contributed by atoms with Crippen molar-refractivity contribution in [1.82, 2.24) is 0 Å². The maximum absolute atomic E-state index is 12.4. The highest BCUT2D eigenvalue weighted by molar-refractivity contribution is 7.97. The largest absolute Gasteiger partial charge is 0.452 e. The smallest absolute Gasteiger partial charge is 0.422 e. The van der Waals surface area contributed by atoms with E-state index in [9.17, 15) is 18.0 Å². The fourth-order valence-corrected chi connectivity index (χ4v) is 5.76. The molecule has 0 aliphatic carbocycles. The van der Waals surface area contributed by atoms with Gasteiger partial charge in [0.25, 0.3) is 0 Å². The Balaban J connectivity index is 1.76. The van der Waals surface area contributed by atoms with E-state index in [1.165, 1.54) is 6.07 Å². The van der Waals surface area contributed by atoms with E-state index in [-0.39, 0.29) is 5.56 Å². The summed E-state index contributed by atoms with van der Waals surface area (Å²) in [4.78, 5) is 17.3. The normalized spacial score (nSPS) is 13.6. The van der Waals surface area contributed by atoms with Gasteiger partial charge in [0.05, 0.1) is 16.9 Å². The lowest BCUT2D eigenvalue weighted by atomic mass is 10.2. The topological polar surface area (TPSA) is 29.5 Å². The zero-order chi connectivity index (χ0) is 20.6. The molecule has 148 valence electrons. The number of carbonyl (C=O) groups is 1. The van der Waals surface area contributed by atoms with Crippen LogP contribution in [0, 0.1) is 0 Å². The molecule has 0 spiro atoms. The predicted molar refractivity (Wildman–Crippen MR) is 106 cm³/mol. The molecule has 1 aliphatic rings. The van der Waals surface area contributed by atoms with Gasteiger partial charge in [0.2, 0.25) is 0 Å². The summed E-state index contributed by atoms with van der Waals surface area (Å²) in [6, 6.07) is 22.7. The first-order valence-corrected chi connectivity index (χ1v) is 10.1. The molecule has 1 aliphatic heterocycles. The lowest BCUT2D eigenvalue weighted by Gasteiger charge is -2.28. The van der Waals surface area contributed by atoms with Gasteiger partial charge in [-0.15, -0.1) is 0 Å². The summed E-state index contributed by atoms with van der Waals surface area (Å²) < 4.78 is 41.6. The van der Waals surface area contributed by atoms with E-state index in [0.717, 1.165) is 26.1 Å². The molecular weight excluding hydrogens is 399 g/mol. The molecule has 7 heteroatoms. The summed E-state index contributed by atoms with van der Waals surface area (Å²) in [6.07, 6.45) is -4.55. The Bertz CT molecular complexity index is 1020. The number of hydrogen-bond acceptors (Lipinski definition) is 3. The second-order valence-corrected chi connectivity index (χ2v) is 8.48. The Kier molecular flexibility index (Phi) is 5.00. The molecule has 0 saturated heterocycles. The molecule has 4 rings (SSSR count). The van der Waals surface area contributed by atoms with E-state index in [1.54, 1.807) is 12.1 Å². The third-order valence-corrected chi connectivity index (χ3v) is 6.86. The molecular formula is C22H17F3NO2S+. The third-order valence-electron chi connectivity index (χ3n) is 4.57. The van der Waals surface area contributed by atoms with Gasteiger partial charge in [-0.1, -0.05) is 30.3 Å². The number of carbonyl (C=O) groups excluding carboxylic acids is 1. The Morgan fingerprint density at radius 2 is 1.52 bits per heavy atom. The van der Waals surface area contributed by atoms with Crippen molar-refractivity contribution in [3.05, 3.63) is 78.4 Å². The number of fused-ring (bicyclic) bond motifs is 2. The van der Waals surface area contributed by atoms with E-state index in [2.05, 4.69) is 9.64 Å². The zero-order valence-corrected chi connectivity index (χ0v) is 16.3. The van der Waals surface area contributed by atoms with Gasteiger partial charge in [-0.3, -0.25) is 0 Å². The number of nitrogens with zero attached hydrogens (tertiary/aromatic N) is 1. The van der Waals surface area contributed by atoms with Crippen LogP contribution in [-0.2, 0) is 15.6 Å². The Morgan fingerprint density at radius 1 is 0.931 bits per heavy atom. The summed E-state index contributed by atoms with van der Waals surface area (Å²) in [5.41, 5.74) is 2.22. The lowest BCUT2D eigenvalue weighted by Crippen LogP contribution is -2.23. The van der Waals surface area contributed by atoms with Gasteiger partial charge in [-0.25, -0.2) is 4.79 Å². The van der Waals surface area contributed by atoms with Crippen LogP contribution in [0.5, 0.6) is 0 Å². The van der Waals surface area contributed by atoms with Crippen molar-refractivity contribution < 1.29 is 22.7 Å². The van der Waals surface area contributed by atoms with Gasteiger partial charge in [-0.2, -0.15) is 13.2 Å². The summed E-state index contributed by atoms with van der Waals surface area (Å²) in [5, 5.41) is 0. The molecule has 0 unspecified atom stereocenters. The summed E-state index contributed by atoms with van der Waals surface area (Å²) in [5.74, 6) is -0.983. The first-order chi connectivity index (χ1) is 13.8. The fraction of sp³-hybridized carbons (Fsp3) is 0.136. The van der Waals surface area contributed by atoms with E-state index in [4.69, 9.17) is 0 Å². The van der Waals surface area contributed by atoms with Crippen LogP contribution in [0.4, 0.5) is 24.5 Å². The number of alkyl halides is 3. The van der Waals surface area contributed by atoms with Crippen molar-refractivity contribution in [2.24, 2.45) is 0 Å². The lowest BCUT2D eigenvalue weighted by molar-refractivity contribution is -0.161. The molecule has 0 N–H and O–H groups in total. The van der Waals surface area contributed by atoms with Gasteiger partial charge in [-0.05, 0) is 36.4 Å². The predicted octanol–water partition coefficient (Wildman–Crippen LogP) is 5.58. The molecule has 0 amide bonds. The zero-order valence-electron chi connectivity index (χ0n) is 15.4. The van der Waals surface area contributed by atoms with Crippen LogP contribution in [-0.4, -0.2) is 25.8 Å². The van der Waals surface area contributed by atoms with Gasteiger partial charge in [0, 0.05) is 13.1 Å². The molecule has 0 saturated carbocycles. The monoisotopic (exact) mass is 416 g/mol. The van der Waals surface area contributed by atoms with E-state index in [1.807, 2.05) is 61.6 Å². The highest BCUT2D eigenvalue weighted by Crippen LogP contribution is 2.47. The molecule has 0 bridgehead atoms. The van der Waals surface area contributed by atoms with Crippen molar-refractivity contribution in [2.45, 2.75) is 20.9 Å². The average Bonchev–Trinajstić information content (AvgIpc) is 2.72. The molecule has 1 heterocycles.